The smallest absolute Gasteiger partial charge is 0.157 e. The van der Waals surface area contributed by atoms with Gasteiger partial charge in [0.05, 0.1) is 24.9 Å². The van der Waals surface area contributed by atoms with E-state index in [1.165, 1.54) is 28.8 Å². The molecule has 3 heterocycles. The Labute approximate surface area is 183 Å². The molecular weight excluding hydrogens is 405 g/mol. The zero-order valence-electron chi connectivity index (χ0n) is 17.4. The number of rotatable bonds is 7. The molecule has 1 aliphatic rings. The predicted octanol–water partition coefficient (Wildman–Crippen LogP) is 4.91. The second-order valence-corrected chi connectivity index (χ2v) is 7.70. The van der Waals surface area contributed by atoms with E-state index in [0.717, 1.165) is 50.0 Å². The number of fused-ring (bicyclic) bond motifs is 1. The van der Waals surface area contributed by atoms with E-state index < -0.39 is 0 Å². The van der Waals surface area contributed by atoms with E-state index in [1.807, 2.05) is 24.5 Å². The highest BCUT2D eigenvalue weighted by Crippen LogP contribution is 2.24. The van der Waals surface area contributed by atoms with E-state index in [9.17, 15) is 4.39 Å². The van der Waals surface area contributed by atoms with Crippen molar-refractivity contribution >= 4 is 23.3 Å². The van der Waals surface area contributed by atoms with Gasteiger partial charge in [0.15, 0.2) is 6.29 Å². The molecule has 7 heteroatoms. The summed E-state index contributed by atoms with van der Waals surface area (Å²) in [5.41, 5.74) is 8.26. The highest BCUT2D eigenvalue weighted by atomic mass is 35.5. The minimum Gasteiger partial charge on any atom is -0.353 e. The van der Waals surface area contributed by atoms with Gasteiger partial charge in [0.2, 0.25) is 0 Å². The zero-order valence-corrected chi connectivity index (χ0v) is 18.3. The lowest BCUT2D eigenvalue weighted by Gasteiger charge is -2.27. The van der Waals surface area contributed by atoms with Gasteiger partial charge in [-0.3, -0.25) is 9.66 Å². The molecule has 0 bridgehead atoms. The second kappa shape index (κ2) is 10.2. The molecule has 1 saturated heterocycles. The van der Waals surface area contributed by atoms with Gasteiger partial charge >= 0.3 is 0 Å². The standard InChI is InChI=1S/C23H28FN3O2.ClH/c1-16-17(2)27(22-15-25-11-10-21(16)22)26-20(8-9-23-28-12-3-13-29-23)14-18-4-6-19(24)7-5-18;/h4-7,10-11,15,20,23,26H,3,8-9,12-14H2,1-2H3;1H. The average Bonchev–Trinajstić information content (AvgIpc) is 2.99. The van der Waals surface area contributed by atoms with Crippen LogP contribution in [0.1, 0.15) is 36.1 Å². The molecule has 0 radical (unpaired) electrons. The molecule has 1 fully saturated rings. The van der Waals surface area contributed by atoms with Crippen LogP contribution in [0.3, 0.4) is 0 Å². The number of nitrogens with one attached hydrogen (secondary N) is 1. The van der Waals surface area contributed by atoms with Gasteiger partial charge in [-0.25, -0.2) is 4.39 Å². The molecule has 0 aliphatic carbocycles. The Hall–Kier alpha value is -2.15. The summed E-state index contributed by atoms with van der Waals surface area (Å²) in [6.07, 6.45) is 7.00. The van der Waals surface area contributed by atoms with Crippen LogP contribution < -0.4 is 5.43 Å². The monoisotopic (exact) mass is 433 g/mol. The van der Waals surface area contributed by atoms with Crippen LogP contribution in [0.25, 0.3) is 10.9 Å². The van der Waals surface area contributed by atoms with Crippen molar-refractivity contribution in [2.24, 2.45) is 0 Å². The molecule has 0 saturated carbocycles. The molecule has 30 heavy (non-hydrogen) atoms. The summed E-state index contributed by atoms with van der Waals surface area (Å²) < 4.78 is 26.9. The highest BCUT2D eigenvalue weighted by molar-refractivity contribution is 5.85. The molecule has 1 N–H and O–H groups in total. The molecule has 1 aromatic carbocycles. The Balaban J connectivity index is 0.00000256. The van der Waals surface area contributed by atoms with E-state index in [0.29, 0.717) is 0 Å². The van der Waals surface area contributed by atoms with Crippen molar-refractivity contribution in [3.63, 3.8) is 0 Å². The maximum Gasteiger partial charge on any atom is 0.157 e. The molecule has 0 spiro atoms. The third kappa shape index (κ3) is 5.12. The number of hydrogen-bond acceptors (Lipinski definition) is 4. The normalized spacial score (nSPS) is 15.7. The molecule has 1 aliphatic heterocycles. The first kappa shape index (κ1) is 22.5. The van der Waals surface area contributed by atoms with Crippen LogP contribution in [0, 0.1) is 19.7 Å². The summed E-state index contributed by atoms with van der Waals surface area (Å²) in [5, 5.41) is 1.20. The van der Waals surface area contributed by atoms with Gasteiger partial charge in [-0.1, -0.05) is 12.1 Å². The number of aromatic nitrogens is 2. The molecule has 162 valence electrons. The highest BCUT2D eigenvalue weighted by Gasteiger charge is 2.20. The topological polar surface area (TPSA) is 48.3 Å². The summed E-state index contributed by atoms with van der Waals surface area (Å²) in [7, 11) is 0. The number of benzene rings is 1. The van der Waals surface area contributed by atoms with Crippen LogP contribution >= 0.6 is 12.4 Å². The molecule has 0 amide bonds. The summed E-state index contributed by atoms with van der Waals surface area (Å²) >= 11 is 0. The maximum atomic E-state index is 13.3. The number of ether oxygens (including phenoxy) is 2. The van der Waals surface area contributed by atoms with Crippen molar-refractivity contribution < 1.29 is 13.9 Å². The lowest BCUT2D eigenvalue weighted by atomic mass is 10.0. The largest absolute Gasteiger partial charge is 0.353 e. The van der Waals surface area contributed by atoms with Crippen molar-refractivity contribution in [2.45, 2.75) is 51.9 Å². The maximum absolute atomic E-state index is 13.3. The van der Waals surface area contributed by atoms with Gasteiger partial charge in [-0.05, 0) is 62.4 Å². The third-order valence-corrected chi connectivity index (χ3v) is 5.68. The number of aryl methyl sites for hydroxylation is 1. The van der Waals surface area contributed by atoms with E-state index in [4.69, 9.17) is 9.47 Å². The van der Waals surface area contributed by atoms with Gasteiger partial charge in [-0.15, -0.1) is 12.4 Å². The first-order valence-electron chi connectivity index (χ1n) is 10.3. The number of hydrogen-bond donors (Lipinski definition) is 1. The zero-order chi connectivity index (χ0) is 20.2. The lowest BCUT2D eigenvalue weighted by molar-refractivity contribution is -0.181. The number of halogens is 2. The van der Waals surface area contributed by atoms with Crippen molar-refractivity contribution in [3.8, 4) is 0 Å². The van der Waals surface area contributed by atoms with E-state index in [-0.39, 0.29) is 30.6 Å². The SMILES string of the molecule is Cc1c(C)n(NC(CCC2OCCCO2)Cc2ccc(F)cc2)c2cnccc12.Cl. The Morgan fingerprint density at radius 1 is 1.17 bits per heavy atom. The summed E-state index contributed by atoms with van der Waals surface area (Å²) in [5.74, 6) is -0.212. The third-order valence-electron chi connectivity index (χ3n) is 5.68. The van der Waals surface area contributed by atoms with Crippen LogP contribution in [0.4, 0.5) is 4.39 Å². The van der Waals surface area contributed by atoms with Crippen molar-refractivity contribution in [1.82, 2.24) is 9.66 Å². The summed E-state index contributed by atoms with van der Waals surface area (Å²) in [6.45, 7) is 5.76. The molecule has 4 rings (SSSR count). The van der Waals surface area contributed by atoms with Gasteiger partial charge in [0.25, 0.3) is 0 Å². The predicted molar refractivity (Wildman–Crippen MR) is 119 cm³/mol. The number of pyridine rings is 1. The molecule has 3 aromatic rings. The Bertz CT molecular complexity index is 955. The minimum absolute atomic E-state index is 0. The quantitative estimate of drug-likeness (QED) is 0.575. The van der Waals surface area contributed by atoms with Crippen LogP contribution in [0.2, 0.25) is 0 Å². The summed E-state index contributed by atoms with van der Waals surface area (Å²) in [4.78, 5) is 4.31. The van der Waals surface area contributed by atoms with Crippen LogP contribution in [0.15, 0.2) is 42.7 Å². The van der Waals surface area contributed by atoms with Crippen molar-refractivity contribution in [3.05, 3.63) is 65.4 Å². The lowest BCUT2D eigenvalue weighted by Crippen LogP contribution is -2.33. The molecule has 1 unspecified atom stereocenters. The summed E-state index contributed by atoms with van der Waals surface area (Å²) in [6, 6.07) is 8.93. The van der Waals surface area contributed by atoms with Gasteiger partial charge in [0.1, 0.15) is 5.82 Å². The van der Waals surface area contributed by atoms with Crippen LogP contribution in [-0.2, 0) is 15.9 Å². The Morgan fingerprint density at radius 2 is 1.90 bits per heavy atom. The first-order valence-corrected chi connectivity index (χ1v) is 10.3. The fourth-order valence-electron chi connectivity index (χ4n) is 3.93. The van der Waals surface area contributed by atoms with E-state index in [1.54, 1.807) is 0 Å². The number of nitrogens with zero attached hydrogens (tertiary/aromatic N) is 2. The second-order valence-electron chi connectivity index (χ2n) is 7.70. The average molecular weight is 434 g/mol. The molecular formula is C23H29ClFN3O2. The van der Waals surface area contributed by atoms with Gasteiger partial charge < -0.3 is 14.9 Å². The fraction of sp³-hybridized carbons (Fsp3) is 0.435. The Kier molecular flexibility index (Phi) is 7.69. The van der Waals surface area contributed by atoms with Crippen LogP contribution in [-0.4, -0.2) is 35.2 Å². The van der Waals surface area contributed by atoms with Crippen molar-refractivity contribution in [2.75, 3.05) is 18.6 Å². The fourth-order valence-corrected chi connectivity index (χ4v) is 3.93. The molecule has 2 aromatic heterocycles. The molecule has 1 atom stereocenters. The Morgan fingerprint density at radius 3 is 2.63 bits per heavy atom. The van der Waals surface area contributed by atoms with Gasteiger partial charge in [-0.2, -0.15) is 0 Å². The van der Waals surface area contributed by atoms with Crippen molar-refractivity contribution in [1.29, 1.82) is 0 Å². The van der Waals surface area contributed by atoms with E-state index in [2.05, 4.69) is 35.0 Å². The first-order chi connectivity index (χ1) is 14.1. The van der Waals surface area contributed by atoms with E-state index >= 15 is 0 Å². The van der Waals surface area contributed by atoms with Gasteiger partial charge in [0, 0.05) is 29.7 Å². The minimum atomic E-state index is -0.212. The van der Waals surface area contributed by atoms with Crippen LogP contribution in [0.5, 0.6) is 0 Å². The molecule has 5 nitrogen and oxygen atoms in total.